The van der Waals surface area contributed by atoms with E-state index in [1.54, 1.807) is 11.8 Å². The Morgan fingerprint density at radius 1 is 1.05 bits per heavy atom. The summed E-state index contributed by atoms with van der Waals surface area (Å²) in [5.41, 5.74) is -1.39. The molecule has 3 rings (SSSR count). The van der Waals surface area contributed by atoms with Crippen LogP contribution in [-0.4, -0.2) is 67.0 Å². The van der Waals surface area contributed by atoms with Gasteiger partial charge in [0.25, 0.3) is 11.8 Å². The van der Waals surface area contributed by atoms with Crippen molar-refractivity contribution in [2.75, 3.05) is 44.2 Å². The van der Waals surface area contributed by atoms with Crippen molar-refractivity contribution in [2.45, 2.75) is 52.1 Å². The summed E-state index contributed by atoms with van der Waals surface area (Å²) in [6.45, 7) is 7.44. The molecule has 37 heavy (non-hydrogen) atoms. The summed E-state index contributed by atoms with van der Waals surface area (Å²) >= 11 is 0. The van der Waals surface area contributed by atoms with E-state index in [9.17, 15) is 27.6 Å². The van der Waals surface area contributed by atoms with Crippen molar-refractivity contribution in [1.29, 1.82) is 5.26 Å². The second-order valence-corrected chi connectivity index (χ2v) is 9.08. The number of nitrogens with zero attached hydrogens (tertiary/aromatic N) is 4. The molecule has 8 nitrogen and oxygen atoms in total. The van der Waals surface area contributed by atoms with Crippen molar-refractivity contribution in [3.8, 4) is 6.07 Å². The van der Waals surface area contributed by atoms with Crippen molar-refractivity contribution in [2.24, 2.45) is 0 Å². The number of unbranched alkanes of at least 4 members (excludes halogenated alkanes) is 3. The average molecular weight is 521 g/mol. The van der Waals surface area contributed by atoms with E-state index in [-0.39, 0.29) is 17.4 Å². The number of alkyl halides is 3. The SMILES string of the molecule is CCOC(=O)N1CCN(CCCCCCC2=C(C)C(=O)N(c3ccc(C#N)c(C(F)(F)F)c3)C2=O)CC1. The minimum atomic E-state index is -4.79. The number of anilines is 1. The Balaban J connectivity index is 1.46. The van der Waals surface area contributed by atoms with E-state index in [4.69, 9.17) is 10.00 Å². The molecule has 0 N–H and O–H groups in total. The summed E-state index contributed by atoms with van der Waals surface area (Å²) in [5, 5.41) is 8.98. The fourth-order valence-electron chi connectivity index (χ4n) is 4.58. The summed E-state index contributed by atoms with van der Waals surface area (Å²) in [5.74, 6) is -1.25. The standard InChI is InChI=1S/C26H31F3N4O4/c1-3-37-25(36)32-14-12-31(13-15-32)11-7-5-4-6-8-21-18(2)23(34)33(24(21)35)20-10-9-19(17-30)22(16-20)26(27,28)29/h9-10,16H,3-8,11-15H2,1-2H3. The van der Waals surface area contributed by atoms with Crippen LogP contribution in [0.1, 0.15) is 57.1 Å². The second kappa shape index (κ2) is 12.2. The molecular weight excluding hydrogens is 489 g/mol. The molecule has 0 aromatic heterocycles. The third-order valence-corrected chi connectivity index (χ3v) is 6.67. The Morgan fingerprint density at radius 2 is 1.73 bits per heavy atom. The minimum Gasteiger partial charge on any atom is -0.450 e. The number of hydrogen-bond donors (Lipinski definition) is 0. The Hall–Kier alpha value is -3.39. The highest BCUT2D eigenvalue weighted by atomic mass is 19.4. The van der Waals surface area contributed by atoms with Crippen LogP contribution in [0, 0.1) is 11.3 Å². The molecule has 200 valence electrons. The molecule has 2 aliphatic rings. The molecule has 0 saturated carbocycles. The zero-order valence-electron chi connectivity index (χ0n) is 21.1. The number of hydrogen-bond acceptors (Lipinski definition) is 6. The number of piperazine rings is 1. The van der Waals surface area contributed by atoms with Gasteiger partial charge < -0.3 is 9.64 Å². The highest BCUT2D eigenvalue weighted by Crippen LogP contribution is 2.36. The summed E-state index contributed by atoms with van der Waals surface area (Å²) in [7, 11) is 0. The van der Waals surface area contributed by atoms with Gasteiger partial charge in [-0.05, 0) is 57.9 Å². The van der Waals surface area contributed by atoms with Crippen molar-refractivity contribution < 1.29 is 32.3 Å². The van der Waals surface area contributed by atoms with Crippen LogP contribution in [0.2, 0.25) is 0 Å². The Labute approximate surface area is 214 Å². The van der Waals surface area contributed by atoms with Crippen molar-refractivity contribution in [1.82, 2.24) is 9.80 Å². The lowest BCUT2D eigenvalue weighted by Gasteiger charge is -2.34. The fourth-order valence-corrected chi connectivity index (χ4v) is 4.58. The number of rotatable bonds is 9. The first kappa shape index (κ1) is 28.2. The molecule has 1 aromatic rings. The maximum Gasteiger partial charge on any atom is 0.417 e. The molecule has 0 aliphatic carbocycles. The maximum atomic E-state index is 13.3. The number of amides is 3. The topological polar surface area (TPSA) is 93.9 Å². The number of carbonyl (C=O) groups is 3. The zero-order chi connectivity index (χ0) is 27.2. The van der Waals surface area contributed by atoms with Crippen LogP contribution < -0.4 is 4.90 Å². The van der Waals surface area contributed by atoms with E-state index in [1.165, 1.54) is 19.1 Å². The largest absolute Gasteiger partial charge is 0.450 e. The lowest BCUT2D eigenvalue weighted by atomic mass is 10.0. The summed E-state index contributed by atoms with van der Waals surface area (Å²) in [4.78, 5) is 42.2. The molecule has 0 atom stereocenters. The minimum absolute atomic E-state index is 0.196. The van der Waals surface area contributed by atoms with E-state index in [1.807, 2.05) is 0 Å². The third-order valence-electron chi connectivity index (χ3n) is 6.67. The van der Waals surface area contributed by atoms with Crippen molar-refractivity contribution in [3.63, 3.8) is 0 Å². The van der Waals surface area contributed by atoms with Gasteiger partial charge in [-0.15, -0.1) is 0 Å². The Kier molecular flexibility index (Phi) is 9.32. The van der Waals surface area contributed by atoms with E-state index >= 15 is 0 Å². The van der Waals surface area contributed by atoms with Crippen LogP contribution in [0.4, 0.5) is 23.7 Å². The predicted octanol–water partition coefficient (Wildman–Crippen LogP) is 4.49. The van der Waals surface area contributed by atoms with Crippen LogP contribution in [0.15, 0.2) is 29.3 Å². The molecule has 0 unspecified atom stereocenters. The van der Waals surface area contributed by atoms with E-state index in [0.29, 0.717) is 44.2 Å². The maximum absolute atomic E-state index is 13.3. The third kappa shape index (κ3) is 6.68. The normalized spacial score (nSPS) is 17.0. The van der Waals surface area contributed by atoms with Gasteiger partial charge >= 0.3 is 12.3 Å². The van der Waals surface area contributed by atoms with E-state index in [2.05, 4.69) is 4.90 Å². The van der Waals surface area contributed by atoms with E-state index in [0.717, 1.165) is 49.9 Å². The molecule has 0 spiro atoms. The lowest BCUT2D eigenvalue weighted by Crippen LogP contribution is -2.49. The molecule has 3 amide bonds. The Bertz CT molecular complexity index is 1100. The van der Waals surface area contributed by atoms with Crippen LogP contribution in [0.3, 0.4) is 0 Å². The van der Waals surface area contributed by atoms with Gasteiger partial charge in [0.1, 0.15) is 0 Å². The highest BCUT2D eigenvalue weighted by Gasteiger charge is 2.39. The number of imide groups is 1. The van der Waals surface area contributed by atoms with Gasteiger partial charge in [-0.3, -0.25) is 14.5 Å². The van der Waals surface area contributed by atoms with Gasteiger partial charge in [0, 0.05) is 37.3 Å². The second-order valence-electron chi connectivity index (χ2n) is 9.08. The smallest absolute Gasteiger partial charge is 0.417 e. The Morgan fingerprint density at radius 3 is 2.35 bits per heavy atom. The number of nitriles is 1. The quantitative estimate of drug-likeness (QED) is 0.352. The fraction of sp³-hybridized carbons (Fsp3) is 0.538. The van der Waals surface area contributed by atoms with Gasteiger partial charge in [-0.2, -0.15) is 18.4 Å². The van der Waals surface area contributed by atoms with Crippen LogP contribution in [0.5, 0.6) is 0 Å². The number of ether oxygens (including phenoxy) is 1. The monoisotopic (exact) mass is 520 g/mol. The first-order valence-electron chi connectivity index (χ1n) is 12.4. The first-order chi connectivity index (χ1) is 17.6. The van der Waals surface area contributed by atoms with Gasteiger partial charge in [0.15, 0.2) is 0 Å². The summed E-state index contributed by atoms with van der Waals surface area (Å²) in [6.07, 6.45) is -1.28. The lowest BCUT2D eigenvalue weighted by molar-refractivity contribution is -0.138. The van der Waals surface area contributed by atoms with E-state index < -0.39 is 29.1 Å². The van der Waals surface area contributed by atoms with Crippen LogP contribution in [0.25, 0.3) is 0 Å². The predicted molar refractivity (Wildman–Crippen MR) is 129 cm³/mol. The van der Waals surface area contributed by atoms with Crippen molar-refractivity contribution >= 4 is 23.6 Å². The number of benzene rings is 1. The average Bonchev–Trinajstić information content (AvgIpc) is 3.08. The van der Waals surface area contributed by atoms with Gasteiger partial charge in [-0.25, -0.2) is 9.69 Å². The highest BCUT2D eigenvalue weighted by molar-refractivity contribution is 6.32. The molecule has 0 bridgehead atoms. The molecule has 2 aliphatic heterocycles. The molecule has 1 fully saturated rings. The molecule has 1 saturated heterocycles. The van der Waals surface area contributed by atoms with Crippen molar-refractivity contribution in [3.05, 3.63) is 40.5 Å². The molecule has 1 aromatic carbocycles. The van der Waals surface area contributed by atoms with Crippen LogP contribution in [-0.2, 0) is 20.5 Å². The zero-order valence-corrected chi connectivity index (χ0v) is 21.1. The molecular formula is C26H31F3N4O4. The van der Waals surface area contributed by atoms with Crippen LogP contribution >= 0.6 is 0 Å². The molecule has 11 heteroatoms. The first-order valence-corrected chi connectivity index (χ1v) is 12.4. The molecule has 0 radical (unpaired) electrons. The van der Waals surface area contributed by atoms with Gasteiger partial charge in [-0.1, -0.05) is 12.8 Å². The number of halogens is 3. The number of carbonyl (C=O) groups excluding carboxylic acids is 3. The van der Waals surface area contributed by atoms with Gasteiger partial charge in [0.2, 0.25) is 0 Å². The van der Waals surface area contributed by atoms with Gasteiger partial charge in [0.05, 0.1) is 29.5 Å². The summed E-state index contributed by atoms with van der Waals surface area (Å²) < 4.78 is 45.0. The molecule has 2 heterocycles. The summed E-state index contributed by atoms with van der Waals surface area (Å²) in [6, 6.07) is 4.33.